The number of carbonyl (C=O) groups excluding carboxylic acids is 1. The average molecular weight is 551 g/mol. The van der Waals surface area contributed by atoms with E-state index in [-0.39, 0.29) is 29.9 Å². The van der Waals surface area contributed by atoms with Crippen LogP contribution in [0.4, 0.5) is 5.82 Å². The van der Waals surface area contributed by atoms with Gasteiger partial charge in [0.15, 0.2) is 5.96 Å². The second-order valence-electron chi connectivity index (χ2n) is 7.95. The molecule has 3 rings (SSSR count). The first-order valence-corrected chi connectivity index (χ1v) is 10.6. The minimum Gasteiger partial charge on any atom is -0.354 e. The van der Waals surface area contributed by atoms with E-state index < -0.39 is 0 Å². The van der Waals surface area contributed by atoms with Crippen molar-refractivity contribution >= 4 is 41.7 Å². The number of pyridine rings is 1. The summed E-state index contributed by atoms with van der Waals surface area (Å²) in [5, 5.41) is 6.72. The van der Waals surface area contributed by atoms with E-state index in [9.17, 15) is 4.79 Å². The minimum absolute atomic E-state index is 0. The summed E-state index contributed by atoms with van der Waals surface area (Å²) in [5.74, 6) is 1.77. The number of guanidine groups is 1. The lowest BCUT2D eigenvalue weighted by molar-refractivity contribution is 0.0827. The van der Waals surface area contributed by atoms with Crippen molar-refractivity contribution in [1.29, 1.82) is 0 Å². The number of benzene rings is 1. The molecule has 0 radical (unpaired) electrons. The van der Waals surface area contributed by atoms with Crippen molar-refractivity contribution in [3.05, 3.63) is 59.3 Å². The van der Waals surface area contributed by atoms with E-state index >= 15 is 0 Å². The van der Waals surface area contributed by atoms with Crippen molar-refractivity contribution in [2.24, 2.45) is 4.99 Å². The predicted molar refractivity (Wildman–Crippen MR) is 141 cm³/mol. The molecule has 0 aliphatic carbocycles. The number of aromatic nitrogens is 1. The summed E-state index contributed by atoms with van der Waals surface area (Å²) >= 11 is 0. The zero-order valence-corrected chi connectivity index (χ0v) is 21.7. The van der Waals surface area contributed by atoms with Gasteiger partial charge in [-0.15, -0.1) is 24.0 Å². The van der Waals surface area contributed by atoms with Gasteiger partial charge in [0.1, 0.15) is 5.82 Å². The van der Waals surface area contributed by atoms with Crippen LogP contribution in [0.3, 0.4) is 0 Å². The van der Waals surface area contributed by atoms with Crippen LogP contribution in [-0.2, 0) is 13.1 Å². The third kappa shape index (κ3) is 7.06. The number of anilines is 1. The summed E-state index contributed by atoms with van der Waals surface area (Å²) in [6, 6.07) is 11.7. The van der Waals surface area contributed by atoms with E-state index in [1.807, 2.05) is 36.5 Å². The van der Waals surface area contributed by atoms with Gasteiger partial charge in [-0.3, -0.25) is 9.79 Å². The van der Waals surface area contributed by atoms with Crippen molar-refractivity contribution in [2.45, 2.75) is 13.1 Å². The first kappa shape index (κ1) is 25.9. The largest absolute Gasteiger partial charge is 0.354 e. The average Bonchev–Trinajstić information content (AvgIpc) is 2.80. The summed E-state index contributed by atoms with van der Waals surface area (Å²) in [6.07, 6.45) is 1.86. The Kier molecular flexibility index (Phi) is 10.2. The van der Waals surface area contributed by atoms with Crippen LogP contribution in [0.1, 0.15) is 21.5 Å². The van der Waals surface area contributed by atoms with Crippen LogP contribution < -0.4 is 15.5 Å². The zero-order valence-electron chi connectivity index (χ0n) is 19.3. The van der Waals surface area contributed by atoms with Crippen LogP contribution in [-0.4, -0.2) is 81.0 Å². The standard InChI is InChI=1S/C23H33N7O.HI/c1-24-23(26-16-18-7-9-19(10-8-18)22(31)28(2)3)27-17-20-6-5-11-25-21(20)30-14-12-29(4)13-15-30;/h5-11H,12-17H2,1-4H3,(H2,24,26,27);1H. The molecule has 1 aliphatic heterocycles. The monoisotopic (exact) mass is 551 g/mol. The second kappa shape index (κ2) is 12.6. The van der Waals surface area contributed by atoms with Gasteiger partial charge >= 0.3 is 0 Å². The van der Waals surface area contributed by atoms with E-state index in [1.165, 1.54) is 0 Å². The van der Waals surface area contributed by atoms with Gasteiger partial charge < -0.3 is 25.3 Å². The molecule has 0 atom stereocenters. The molecule has 1 aromatic heterocycles. The molecule has 1 aromatic carbocycles. The molecule has 8 nitrogen and oxygen atoms in total. The van der Waals surface area contributed by atoms with Gasteiger partial charge in [0.2, 0.25) is 0 Å². The van der Waals surface area contributed by atoms with E-state index in [0.717, 1.165) is 49.1 Å². The lowest BCUT2D eigenvalue weighted by Crippen LogP contribution is -2.45. The molecular weight excluding hydrogens is 517 g/mol. The molecule has 0 saturated carbocycles. The highest BCUT2D eigenvalue weighted by molar-refractivity contribution is 14.0. The fourth-order valence-electron chi connectivity index (χ4n) is 3.48. The van der Waals surface area contributed by atoms with Crippen LogP contribution in [0, 0.1) is 0 Å². The van der Waals surface area contributed by atoms with E-state index in [2.05, 4.69) is 43.5 Å². The van der Waals surface area contributed by atoms with Gasteiger partial charge in [0.05, 0.1) is 0 Å². The fraction of sp³-hybridized carbons (Fsp3) is 0.435. The van der Waals surface area contributed by atoms with Crippen LogP contribution in [0.2, 0.25) is 0 Å². The number of hydrogen-bond donors (Lipinski definition) is 2. The Bertz CT molecular complexity index is 893. The summed E-state index contributed by atoms with van der Waals surface area (Å²) in [7, 11) is 7.43. The summed E-state index contributed by atoms with van der Waals surface area (Å²) in [6.45, 7) is 5.33. The number of likely N-dealkylation sites (N-methyl/N-ethyl adjacent to an activating group) is 1. The topological polar surface area (TPSA) is 76.1 Å². The second-order valence-corrected chi connectivity index (χ2v) is 7.95. The molecule has 2 heterocycles. The summed E-state index contributed by atoms with van der Waals surface area (Å²) in [4.78, 5) is 27.3. The lowest BCUT2D eigenvalue weighted by atomic mass is 10.1. The zero-order chi connectivity index (χ0) is 22.2. The van der Waals surface area contributed by atoms with Gasteiger partial charge in [-0.2, -0.15) is 0 Å². The fourth-order valence-corrected chi connectivity index (χ4v) is 3.48. The quantitative estimate of drug-likeness (QED) is 0.325. The molecule has 0 bridgehead atoms. The number of carbonyl (C=O) groups is 1. The maximum Gasteiger partial charge on any atom is 0.253 e. The highest BCUT2D eigenvalue weighted by atomic mass is 127. The van der Waals surface area contributed by atoms with E-state index in [0.29, 0.717) is 18.7 Å². The molecule has 0 unspecified atom stereocenters. The summed E-state index contributed by atoms with van der Waals surface area (Å²) < 4.78 is 0. The molecule has 2 N–H and O–H groups in total. The van der Waals surface area contributed by atoms with E-state index in [1.54, 1.807) is 26.0 Å². The van der Waals surface area contributed by atoms with Crippen molar-refractivity contribution in [1.82, 2.24) is 25.4 Å². The Morgan fingerprint density at radius 3 is 2.34 bits per heavy atom. The number of piperazine rings is 1. The Balaban J connectivity index is 0.00000363. The smallest absolute Gasteiger partial charge is 0.253 e. The first-order chi connectivity index (χ1) is 15.0. The Hall–Kier alpha value is -2.40. The first-order valence-electron chi connectivity index (χ1n) is 10.6. The maximum absolute atomic E-state index is 12.0. The third-order valence-corrected chi connectivity index (χ3v) is 5.41. The van der Waals surface area contributed by atoms with Crippen LogP contribution >= 0.6 is 24.0 Å². The lowest BCUT2D eigenvalue weighted by Gasteiger charge is -2.34. The number of amides is 1. The molecule has 1 fully saturated rings. The number of halogens is 1. The van der Waals surface area contributed by atoms with E-state index in [4.69, 9.17) is 0 Å². The van der Waals surface area contributed by atoms with Crippen molar-refractivity contribution < 1.29 is 4.79 Å². The van der Waals surface area contributed by atoms with Gasteiger partial charge in [-0.1, -0.05) is 18.2 Å². The maximum atomic E-state index is 12.0. The summed E-state index contributed by atoms with van der Waals surface area (Å²) in [5.41, 5.74) is 2.92. The molecule has 0 spiro atoms. The number of nitrogens with one attached hydrogen (secondary N) is 2. The predicted octanol–water partition coefficient (Wildman–Crippen LogP) is 2.02. The Morgan fingerprint density at radius 2 is 1.72 bits per heavy atom. The number of aliphatic imine (C=N–C) groups is 1. The molecule has 9 heteroatoms. The van der Waals surface area contributed by atoms with Crippen molar-refractivity contribution in [2.75, 3.05) is 59.3 Å². The SMILES string of the molecule is CN=C(NCc1ccc(C(=O)N(C)C)cc1)NCc1cccnc1N1CCN(C)CC1.I. The van der Waals surface area contributed by atoms with Crippen molar-refractivity contribution in [3.63, 3.8) is 0 Å². The van der Waals surface area contributed by atoms with Crippen molar-refractivity contribution in [3.8, 4) is 0 Å². The number of nitrogens with zero attached hydrogens (tertiary/aromatic N) is 5. The van der Waals surface area contributed by atoms with Gasteiger partial charge in [0.25, 0.3) is 5.91 Å². The highest BCUT2D eigenvalue weighted by Crippen LogP contribution is 2.18. The highest BCUT2D eigenvalue weighted by Gasteiger charge is 2.18. The van der Waals surface area contributed by atoms with Gasteiger partial charge in [-0.25, -0.2) is 4.98 Å². The van der Waals surface area contributed by atoms with Gasteiger partial charge in [0, 0.05) is 77.7 Å². The molecule has 1 aliphatic rings. The molecular formula is C23H34IN7O. The van der Waals surface area contributed by atoms with Crippen LogP contribution in [0.5, 0.6) is 0 Å². The molecule has 32 heavy (non-hydrogen) atoms. The molecule has 1 saturated heterocycles. The Morgan fingerprint density at radius 1 is 1.06 bits per heavy atom. The minimum atomic E-state index is 0. The number of hydrogen-bond acceptors (Lipinski definition) is 5. The molecule has 1 amide bonds. The Labute approximate surface area is 208 Å². The van der Waals surface area contributed by atoms with Crippen LogP contribution in [0.25, 0.3) is 0 Å². The molecule has 2 aromatic rings. The molecule has 174 valence electrons. The van der Waals surface area contributed by atoms with Gasteiger partial charge in [-0.05, 0) is 30.8 Å². The van der Waals surface area contributed by atoms with Crippen LogP contribution in [0.15, 0.2) is 47.6 Å². The number of rotatable bonds is 6. The third-order valence-electron chi connectivity index (χ3n) is 5.41. The normalized spacial score (nSPS) is 14.5.